The summed E-state index contributed by atoms with van der Waals surface area (Å²) in [6.45, 7) is 1.44. The molecule has 1 atom stereocenters. The minimum atomic E-state index is -3.89. The Hall–Kier alpha value is -3.17. The van der Waals surface area contributed by atoms with Gasteiger partial charge < -0.3 is 18.8 Å². The standard InChI is InChI=1S/C31H27Cl2N2O6PS/c1-39-42(38,28-9-8-22(32)15-23(28)33)35(18-19-10-13-40-14-11-19)25-17-29(43-30(25)31(36)37)21-6-4-20(5-7-21)27-16-24-26(41-27)3-2-12-34-24/h2-9,12,15-17,19H,10-11,13-14,18H2,1H3,(H,36,37). The number of furan rings is 1. The molecule has 0 radical (unpaired) electrons. The summed E-state index contributed by atoms with van der Waals surface area (Å²) < 4.78 is 33.7. The summed E-state index contributed by atoms with van der Waals surface area (Å²) in [5, 5.41) is 11.1. The van der Waals surface area contributed by atoms with E-state index in [0.717, 1.165) is 40.8 Å². The topological polar surface area (TPSA) is 102 Å². The zero-order valence-corrected chi connectivity index (χ0v) is 26.3. The maximum absolute atomic E-state index is 14.8. The summed E-state index contributed by atoms with van der Waals surface area (Å²) in [6.07, 6.45) is 3.20. The predicted molar refractivity (Wildman–Crippen MR) is 171 cm³/mol. The number of hydrogen-bond donors (Lipinski definition) is 1. The molecule has 1 fully saturated rings. The molecule has 0 bridgehead atoms. The Morgan fingerprint density at radius 1 is 1.09 bits per heavy atom. The molecule has 2 aromatic carbocycles. The van der Waals surface area contributed by atoms with Crippen LogP contribution < -0.4 is 9.97 Å². The minimum absolute atomic E-state index is 0.0526. The second-order valence-corrected chi connectivity index (χ2v) is 14.4. The van der Waals surface area contributed by atoms with Crippen molar-refractivity contribution in [3.05, 3.63) is 87.8 Å². The Balaban J connectivity index is 1.42. The van der Waals surface area contributed by atoms with Crippen LogP contribution >= 0.6 is 42.1 Å². The number of carboxylic acids is 1. The van der Waals surface area contributed by atoms with Crippen LogP contribution in [0, 0.1) is 5.92 Å². The SMILES string of the molecule is COP(=O)(c1ccc(Cl)cc1Cl)N(CC1CCOCC1)c1cc(-c2ccc(-c3cc4ncccc4o3)cc2)sc1C(=O)O. The third-order valence-corrected chi connectivity index (χ3v) is 11.8. The molecule has 1 aliphatic rings. The fourth-order valence-corrected chi connectivity index (χ4v) is 9.18. The second-order valence-electron chi connectivity index (χ2n) is 10.1. The number of fused-ring (bicyclic) bond motifs is 1. The number of nitrogens with zero attached hydrogens (tertiary/aromatic N) is 2. The molecule has 1 unspecified atom stereocenters. The molecular formula is C31H27Cl2N2O6PS. The van der Waals surface area contributed by atoms with Crippen LogP contribution in [0.2, 0.25) is 10.0 Å². The van der Waals surface area contributed by atoms with E-state index in [2.05, 4.69) is 4.98 Å². The number of anilines is 1. The van der Waals surface area contributed by atoms with Crippen LogP contribution in [-0.4, -0.2) is 42.9 Å². The Morgan fingerprint density at radius 3 is 2.51 bits per heavy atom. The van der Waals surface area contributed by atoms with Gasteiger partial charge in [0, 0.05) is 54.6 Å². The van der Waals surface area contributed by atoms with Crippen molar-refractivity contribution in [1.82, 2.24) is 4.98 Å². The van der Waals surface area contributed by atoms with Gasteiger partial charge in [-0.1, -0.05) is 47.5 Å². The van der Waals surface area contributed by atoms with E-state index in [1.165, 1.54) is 13.2 Å². The van der Waals surface area contributed by atoms with Crippen molar-refractivity contribution in [1.29, 1.82) is 0 Å². The van der Waals surface area contributed by atoms with E-state index < -0.39 is 13.5 Å². The first kappa shape index (κ1) is 29.9. The molecule has 222 valence electrons. The van der Waals surface area contributed by atoms with Crippen molar-refractivity contribution < 1.29 is 28.1 Å². The van der Waals surface area contributed by atoms with Crippen molar-refractivity contribution in [3.63, 3.8) is 0 Å². The molecule has 1 aliphatic heterocycles. The van der Waals surface area contributed by atoms with Gasteiger partial charge in [-0.05, 0) is 60.7 Å². The number of benzene rings is 2. The van der Waals surface area contributed by atoms with Gasteiger partial charge in [-0.3, -0.25) is 14.2 Å². The third-order valence-electron chi connectivity index (χ3n) is 7.48. The number of hydrogen-bond acceptors (Lipinski definition) is 7. The minimum Gasteiger partial charge on any atom is -0.477 e. The van der Waals surface area contributed by atoms with E-state index in [0.29, 0.717) is 46.7 Å². The average molecular weight is 658 g/mol. The monoisotopic (exact) mass is 656 g/mol. The smallest absolute Gasteiger partial charge is 0.348 e. The van der Waals surface area contributed by atoms with Crippen molar-refractivity contribution in [2.24, 2.45) is 5.92 Å². The molecule has 1 N–H and O–H groups in total. The molecule has 8 nitrogen and oxygen atoms in total. The molecule has 43 heavy (non-hydrogen) atoms. The van der Waals surface area contributed by atoms with Crippen molar-refractivity contribution in [3.8, 4) is 21.8 Å². The van der Waals surface area contributed by atoms with Gasteiger partial charge in [0.2, 0.25) is 0 Å². The molecule has 5 aromatic rings. The van der Waals surface area contributed by atoms with Crippen LogP contribution in [0.25, 0.3) is 32.9 Å². The average Bonchev–Trinajstić information content (AvgIpc) is 3.65. The molecule has 3 aromatic heterocycles. The molecule has 0 saturated carbocycles. The number of aromatic nitrogens is 1. The van der Waals surface area contributed by atoms with Gasteiger partial charge in [0.05, 0.1) is 16.0 Å². The van der Waals surface area contributed by atoms with E-state index in [-0.39, 0.29) is 21.1 Å². The quantitative estimate of drug-likeness (QED) is 0.157. The van der Waals surface area contributed by atoms with Crippen molar-refractivity contribution in [2.45, 2.75) is 12.8 Å². The number of aromatic carboxylic acids is 1. The predicted octanol–water partition coefficient (Wildman–Crippen LogP) is 8.63. The maximum Gasteiger partial charge on any atom is 0.348 e. The van der Waals surface area contributed by atoms with Gasteiger partial charge in [-0.25, -0.2) is 4.79 Å². The highest BCUT2D eigenvalue weighted by Gasteiger charge is 2.40. The highest BCUT2D eigenvalue weighted by atomic mass is 35.5. The Kier molecular flexibility index (Phi) is 8.65. The molecule has 1 saturated heterocycles. The molecular weight excluding hydrogens is 630 g/mol. The number of carbonyl (C=O) groups is 1. The fourth-order valence-electron chi connectivity index (χ4n) is 5.24. The summed E-state index contributed by atoms with van der Waals surface area (Å²) in [4.78, 5) is 17.7. The summed E-state index contributed by atoms with van der Waals surface area (Å²) >= 11 is 13.8. The van der Waals surface area contributed by atoms with Crippen LogP contribution in [0.1, 0.15) is 22.5 Å². The van der Waals surface area contributed by atoms with Gasteiger partial charge in [0.1, 0.15) is 16.2 Å². The number of halogens is 2. The highest BCUT2D eigenvalue weighted by molar-refractivity contribution is 7.68. The molecule has 0 spiro atoms. The number of rotatable bonds is 9. The second kappa shape index (κ2) is 12.4. The van der Waals surface area contributed by atoms with Gasteiger partial charge in [-0.2, -0.15) is 0 Å². The lowest BCUT2D eigenvalue weighted by molar-refractivity contribution is 0.0683. The molecule has 12 heteroatoms. The number of thiophene rings is 1. The lowest BCUT2D eigenvalue weighted by atomic mass is 10.0. The first-order valence-electron chi connectivity index (χ1n) is 13.6. The fraction of sp³-hybridized carbons (Fsp3) is 0.226. The summed E-state index contributed by atoms with van der Waals surface area (Å²) in [6, 6.07) is 19.7. The van der Waals surface area contributed by atoms with Gasteiger partial charge in [-0.15, -0.1) is 11.3 Å². The number of carboxylic acid groups (broad SMARTS) is 1. The Labute approximate surface area is 262 Å². The zero-order valence-electron chi connectivity index (χ0n) is 23.0. The van der Waals surface area contributed by atoms with Crippen LogP contribution in [0.15, 0.2) is 77.3 Å². The first-order valence-corrected chi connectivity index (χ1v) is 16.7. The lowest BCUT2D eigenvalue weighted by Gasteiger charge is -2.36. The summed E-state index contributed by atoms with van der Waals surface area (Å²) in [5.74, 6) is -0.341. The normalized spacial score (nSPS) is 15.4. The lowest BCUT2D eigenvalue weighted by Crippen LogP contribution is -2.34. The summed E-state index contributed by atoms with van der Waals surface area (Å²) in [5.41, 5.74) is 3.44. The van der Waals surface area contributed by atoms with E-state index in [4.69, 9.17) is 36.9 Å². The molecule has 4 heterocycles. The van der Waals surface area contributed by atoms with E-state index in [1.54, 1.807) is 29.1 Å². The number of pyridine rings is 1. The summed E-state index contributed by atoms with van der Waals surface area (Å²) in [7, 11) is -2.54. The highest BCUT2D eigenvalue weighted by Crippen LogP contribution is 2.56. The zero-order chi connectivity index (χ0) is 30.1. The molecule has 0 amide bonds. The third kappa shape index (κ3) is 5.98. The first-order chi connectivity index (χ1) is 20.8. The van der Waals surface area contributed by atoms with E-state index in [1.807, 2.05) is 42.5 Å². The van der Waals surface area contributed by atoms with Crippen molar-refractivity contribution in [2.75, 3.05) is 31.5 Å². The number of ether oxygens (including phenoxy) is 1. The van der Waals surface area contributed by atoms with Crippen LogP contribution in [0.4, 0.5) is 5.69 Å². The van der Waals surface area contributed by atoms with Crippen LogP contribution in [0.5, 0.6) is 0 Å². The largest absolute Gasteiger partial charge is 0.477 e. The van der Waals surface area contributed by atoms with Gasteiger partial charge in [0.15, 0.2) is 5.58 Å². The Bertz CT molecular complexity index is 1800. The van der Waals surface area contributed by atoms with Crippen molar-refractivity contribution >= 4 is 70.1 Å². The molecule has 0 aliphatic carbocycles. The molecule has 6 rings (SSSR count). The van der Waals surface area contributed by atoms with Gasteiger partial charge in [0.25, 0.3) is 0 Å². The van der Waals surface area contributed by atoms with Crippen LogP contribution in [-0.2, 0) is 13.8 Å². The Morgan fingerprint density at radius 2 is 1.84 bits per heavy atom. The van der Waals surface area contributed by atoms with E-state index >= 15 is 0 Å². The maximum atomic E-state index is 14.8. The van der Waals surface area contributed by atoms with Crippen LogP contribution in [0.3, 0.4) is 0 Å². The van der Waals surface area contributed by atoms with E-state index in [9.17, 15) is 14.5 Å². The van der Waals surface area contributed by atoms with Gasteiger partial charge >= 0.3 is 13.5 Å².